The van der Waals surface area contributed by atoms with Crippen LogP contribution in [-0.2, 0) is 155 Å². The number of nitrogens with one attached hydrogen (secondary N) is 4. The topological polar surface area (TPSA) is 792 Å². The number of benzene rings is 2. The molecule has 10 rings (SSSR count). The molecule has 777 valence electrons. The first-order valence-electron chi connectivity index (χ1n) is 42.1. The number of nitrogens with zero attached hydrogens (tertiary/aromatic N) is 1. The molecule has 5 heterocycles. The van der Waals surface area contributed by atoms with Gasteiger partial charge in [-0.05, 0) is 82.7 Å². The van der Waals surface area contributed by atoms with Crippen LogP contribution in [0.3, 0.4) is 0 Å². The molecule has 55 heteroatoms. The molecular weight excluding hydrogens is 1940 g/mol. The number of carbonyl (C=O) groups is 12. The predicted molar refractivity (Wildman–Crippen MR) is 445 cm³/mol. The maximum absolute atomic E-state index is 16.1. The number of hydrogen-bond donors (Lipinski definition) is 18. The molecule has 3 aliphatic carbocycles. The van der Waals surface area contributed by atoms with Gasteiger partial charge in [-0.1, -0.05) is 62.4 Å². The van der Waals surface area contributed by atoms with Crippen LogP contribution in [0.5, 0.6) is 0 Å². The number of fused-ring (bicyclic) bond motifs is 5. The summed E-state index contributed by atoms with van der Waals surface area (Å²) in [6.45, 7) is 5.65. The van der Waals surface area contributed by atoms with Crippen molar-refractivity contribution in [1.29, 1.82) is 0 Å². The molecule has 32 atom stereocenters. The fraction of sp³-hybridized carbons (Fsp3) is 0.663. The number of aliphatic hydroxyl groups is 11. The number of ketones is 1. The fourth-order valence-electron chi connectivity index (χ4n) is 18.3. The van der Waals surface area contributed by atoms with Gasteiger partial charge in [0.05, 0.1) is 55.9 Å². The summed E-state index contributed by atoms with van der Waals surface area (Å²) in [5.41, 5.74) is -11.6. The number of aliphatic hydroxyl groups excluding tert-OH is 10. The third-order valence-electron chi connectivity index (χ3n) is 24.7. The van der Waals surface area contributed by atoms with Gasteiger partial charge in [-0.2, -0.15) is 0 Å². The average molecular weight is 2060 g/mol. The van der Waals surface area contributed by atoms with Gasteiger partial charge in [-0.3, -0.25) is 51.6 Å². The van der Waals surface area contributed by atoms with E-state index in [0.717, 1.165) is 20.8 Å². The molecule has 52 nitrogen and oxygen atoms in total. The SMILES string of the molecule is CC(=O)N[C@H]1[C@@H](O[C@H]2[C@H](O)[C@@H](O)[C@H](O)O[C@H]2C(=O)O[C@@H](C(=O)O[C@H]2C[C@@]3(O)[C@@H](OC(=O)c4ccccc4)[C@@H]4[C@]5(OC(C)=O)CO[C@@H]5C[C@H](O)[C@@]4(C)C(=O)[C@H](O)C(=C2C)C3(C)C)[C@@H](NC(=O)OC(C)(C)C)c2ccccc2)O[C@H](COS(=O)(=O)[O-])[C@@H](O[C@@H]2O[C@@H](C(=O)NCCCCC(C(=O)O)N(CC(=O)O)CC(=O)O)[C@@H](O[C@H]3O[C@H](COS(=O)(=O)[O-])[C@@H](O)[C@H](O)[C@H]3NC(C)=O)[C@H](O)[C@H]2O)[C@@H]1O.[CH3-].[CH3-].[Ni+3]. The number of unbranched alkanes of at least 4 members (excludes halogenated alkanes) is 1. The van der Waals surface area contributed by atoms with E-state index in [2.05, 4.69) is 29.6 Å². The van der Waals surface area contributed by atoms with Crippen LogP contribution in [0.15, 0.2) is 71.8 Å². The van der Waals surface area contributed by atoms with Crippen LogP contribution in [0.4, 0.5) is 4.79 Å². The molecule has 1 unspecified atom stereocenters. The molecule has 138 heavy (non-hydrogen) atoms. The molecule has 18 N–H and O–H groups in total. The Morgan fingerprint density at radius 2 is 1.17 bits per heavy atom. The van der Waals surface area contributed by atoms with Crippen molar-refractivity contribution >= 4 is 92.2 Å². The average Bonchev–Trinajstić information content (AvgIpc) is 0.666. The zero-order valence-electron chi connectivity index (χ0n) is 76.1. The Kier molecular flexibility index (Phi) is 39.2. The van der Waals surface area contributed by atoms with Crippen LogP contribution in [0.2, 0.25) is 0 Å². The maximum Gasteiger partial charge on any atom is 3.00 e. The van der Waals surface area contributed by atoms with Crippen molar-refractivity contribution in [2.75, 3.05) is 39.5 Å². The summed E-state index contributed by atoms with van der Waals surface area (Å²) in [7, 11) is -11.6. The molecule has 4 amide bonds. The van der Waals surface area contributed by atoms with E-state index >= 15 is 14.4 Å². The van der Waals surface area contributed by atoms with Crippen LogP contribution in [0.1, 0.15) is 123 Å². The minimum atomic E-state index is -5.99. The van der Waals surface area contributed by atoms with E-state index in [4.69, 9.17) is 61.6 Å². The van der Waals surface area contributed by atoms with Crippen LogP contribution in [0.25, 0.3) is 0 Å². The number of alkyl carbamates (subject to hydrolysis) is 1. The normalized spacial score (nSPS) is 34.5. The van der Waals surface area contributed by atoms with E-state index in [9.17, 15) is 141 Å². The molecule has 5 aliphatic heterocycles. The molecule has 2 aromatic carbocycles. The summed E-state index contributed by atoms with van der Waals surface area (Å²) in [6.07, 6.45) is -62.8. The number of amides is 4. The first kappa shape index (κ1) is 116. The zero-order valence-corrected chi connectivity index (χ0v) is 78.7. The van der Waals surface area contributed by atoms with Crippen molar-refractivity contribution in [3.8, 4) is 0 Å². The Balaban J connectivity index is 0.00000864. The summed E-state index contributed by atoms with van der Waals surface area (Å²) in [5.74, 6) is -17.6. The number of carbonyl (C=O) groups excluding carboxylic acids is 9. The number of hydrogen-bond acceptors (Lipinski definition) is 45. The Morgan fingerprint density at radius 1 is 0.645 bits per heavy atom. The third kappa shape index (κ3) is 26.0. The third-order valence-corrected chi connectivity index (χ3v) is 25.6. The van der Waals surface area contributed by atoms with E-state index in [1.807, 2.05) is 0 Å². The second kappa shape index (κ2) is 46.5. The van der Waals surface area contributed by atoms with E-state index in [-0.39, 0.29) is 60.9 Å². The molecule has 2 bridgehead atoms. The summed E-state index contributed by atoms with van der Waals surface area (Å²) in [4.78, 5) is 167. The molecule has 0 spiro atoms. The van der Waals surface area contributed by atoms with Crippen LogP contribution in [-0.4, -0.2) is 395 Å². The van der Waals surface area contributed by atoms with Crippen molar-refractivity contribution in [1.82, 2.24) is 26.2 Å². The molecule has 2 saturated carbocycles. The number of carboxylic acids is 3. The van der Waals surface area contributed by atoms with Crippen molar-refractivity contribution in [2.24, 2.45) is 16.7 Å². The molecule has 1 radical (unpaired) electrons. The summed E-state index contributed by atoms with van der Waals surface area (Å²) in [6, 6.07) is 5.52. The molecule has 8 aliphatic rings. The summed E-state index contributed by atoms with van der Waals surface area (Å²) in [5, 5.41) is 171. The van der Waals surface area contributed by atoms with Gasteiger partial charge in [-0.25, -0.2) is 36.0 Å². The van der Waals surface area contributed by atoms with Gasteiger partial charge >= 0.3 is 64.4 Å². The fourth-order valence-corrected chi connectivity index (χ4v) is 18.9. The monoisotopic (exact) mass is 2060 g/mol. The number of aliphatic carboxylic acids is 3. The van der Waals surface area contributed by atoms with E-state index < -0.39 is 361 Å². The van der Waals surface area contributed by atoms with Gasteiger partial charge in [0.1, 0.15) is 133 Å². The predicted octanol–water partition coefficient (Wildman–Crippen LogP) is -6.54. The Hall–Kier alpha value is -8.75. The quantitative estimate of drug-likeness (QED) is 0.00441. The first-order valence-corrected chi connectivity index (χ1v) is 44.8. The number of ether oxygens (including phenoxy) is 13. The summed E-state index contributed by atoms with van der Waals surface area (Å²) >= 11 is 0. The van der Waals surface area contributed by atoms with Crippen molar-refractivity contribution in [3.05, 3.63) is 97.8 Å². The Labute approximate surface area is 799 Å². The minimum Gasteiger partial charge on any atom is -0.726 e. The van der Waals surface area contributed by atoms with Crippen molar-refractivity contribution < 1.29 is 241 Å². The van der Waals surface area contributed by atoms with E-state index in [1.165, 1.54) is 103 Å². The van der Waals surface area contributed by atoms with E-state index in [1.54, 1.807) is 6.07 Å². The second-order valence-corrected chi connectivity index (χ2v) is 37.5. The Bertz CT molecular complexity index is 4930. The standard InChI is InChI=1S/C81H111N5O47S2.2CH3.Ni/c1-32-39(26-81(112)66(131-69(107)37-21-15-12-16-22-37)64-79(10,65(103)51(96)46(32)78(81,8)9)42(90)25-43-80(64,31-119-43)132-35(4)89)122-71(109)59(47(36-19-13-11-14-20-36)85-76(111)133-77(5,6)7)125-72(110)63-61(54(99)56(101)70(108)126-63)129-74-49(84-34(3)88)53(98)58(41(124-74)30-121-135(116,117)118)127-75-57(102)55(100)60(128-73-48(83-33(2)87)52(97)50(95)40(123-73)29-120-134(113,114)115)62(130-75)67(104)82-24-18-17-23-38(68(105)106)86(27-44(91)92)28-45(93)94;;;/h11-16,19-22,38-43,47-64,66,70,73-75,90,95-102,108,112H,17-18,23-31H2,1-10H3,(H,82,104)(H,83,87)(H,84,88)(H,85,111)(H,91,92)(H,93,94)(H,105,106)(H,113,114,115)(H,116,117,118);2*1H3;/q;2*-1;+3/p-2/t38?,39-,40+,41+,42-,43+,47-,48+,49+,50+,51+,52+,53+,54+,55+,56+,57+,58+,59+,60-,61-,62+,63+,64-,66-,70+,73+,74+,75+,79+,80-,81+;;;/m0.../s1. The first-order chi connectivity index (χ1) is 62.8. The number of Topliss-reactive ketones (excluding diaryl/α,β-unsaturated/α-hetero) is 1. The van der Waals surface area contributed by atoms with Gasteiger partial charge in [0.15, 0.2) is 48.8 Å². The molecule has 7 fully saturated rings. The number of rotatable bonds is 36. The van der Waals surface area contributed by atoms with Gasteiger partial charge < -0.3 is 178 Å². The summed E-state index contributed by atoms with van der Waals surface area (Å²) < 4.78 is 158. The number of esters is 4. The van der Waals surface area contributed by atoms with Gasteiger partial charge in [-0.15, -0.1) is 0 Å². The molecule has 5 saturated heterocycles. The number of carboxylic acid groups (broad SMARTS) is 3. The van der Waals surface area contributed by atoms with Gasteiger partial charge in [0.25, 0.3) is 5.91 Å². The van der Waals surface area contributed by atoms with E-state index in [0.29, 0.717) is 4.90 Å². The Morgan fingerprint density at radius 3 is 1.70 bits per heavy atom. The van der Waals surface area contributed by atoms with Crippen molar-refractivity contribution in [2.45, 2.75) is 290 Å². The van der Waals surface area contributed by atoms with Crippen LogP contribution < -0.4 is 21.3 Å². The second-order valence-electron chi connectivity index (χ2n) is 35.4. The van der Waals surface area contributed by atoms with Gasteiger partial charge in [0.2, 0.25) is 38.7 Å². The smallest absolute Gasteiger partial charge is 0.726 e. The zero-order chi connectivity index (χ0) is 100. The largest absolute Gasteiger partial charge is 3.00 e. The van der Waals surface area contributed by atoms with Crippen molar-refractivity contribution in [3.63, 3.8) is 0 Å². The van der Waals surface area contributed by atoms with Crippen LogP contribution >= 0.6 is 0 Å². The minimum absolute atomic E-state index is 0. The maximum atomic E-state index is 16.1. The van der Waals surface area contributed by atoms with Crippen LogP contribution in [0, 0.1) is 31.6 Å². The van der Waals surface area contributed by atoms with Gasteiger partial charge in [0, 0.05) is 45.6 Å². The molecule has 2 aromatic rings. The molecular formula is C83H115N5NiO47S2-. The molecule has 0 aromatic heterocycles.